The fourth-order valence-electron chi connectivity index (χ4n) is 5.13. The maximum absolute atomic E-state index is 12.4. The molecule has 0 radical (unpaired) electrons. The van der Waals surface area contributed by atoms with E-state index in [2.05, 4.69) is 31.0 Å². The fraction of sp³-hybridized carbons (Fsp3) is 0.905. The molecule has 1 saturated carbocycles. The molecule has 0 aromatic heterocycles. The van der Waals surface area contributed by atoms with Crippen molar-refractivity contribution < 1.29 is 4.21 Å². The summed E-state index contributed by atoms with van der Waals surface area (Å²) in [5, 5.41) is 4.26. The Hall–Kier alpha value is -0.190. The van der Waals surface area contributed by atoms with E-state index in [-0.39, 0.29) is 0 Å². The highest BCUT2D eigenvalue weighted by atomic mass is 32.2. The molecule has 3 nitrogen and oxygen atoms in total. The molecule has 2 saturated heterocycles. The normalized spacial score (nSPS) is 31.3. The van der Waals surface area contributed by atoms with Crippen LogP contribution < -0.4 is 5.32 Å². The zero-order valence-electron chi connectivity index (χ0n) is 16.6. The molecule has 2 heterocycles. The fourth-order valence-corrected chi connectivity index (χ4v) is 6.63. The molecule has 1 atom stereocenters. The summed E-state index contributed by atoms with van der Waals surface area (Å²) >= 11 is 0. The molecule has 2 aliphatic heterocycles. The van der Waals surface area contributed by atoms with Crippen molar-refractivity contribution >= 4 is 10.8 Å². The van der Waals surface area contributed by atoms with Gasteiger partial charge >= 0.3 is 0 Å². The minimum atomic E-state index is -0.627. The monoisotopic (exact) mass is 366 g/mol. The first kappa shape index (κ1) is 19.6. The Morgan fingerprint density at radius 2 is 1.64 bits per heavy atom. The van der Waals surface area contributed by atoms with Crippen LogP contribution in [0.2, 0.25) is 0 Å². The van der Waals surface area contributed by atoms with E-state index < -0.39 is 10.8 Å². The minimum Gasteiger partial charge on any atom is -0.317 e. The molecule has 3 fully saturated rings. The maximum Gasteiger partial charge on any atom is 0.0351 e. The number of rotatable bonds is 4. The van der Waals surface area contributed by atoms with Gasteiger partial charge in [-0.15, -0.1) is 0 Å². The van der Waals surface area contributed by atoms with Crippen LogP contribution in [-0.2, 0) is 10.8 Å². The Labute approximate surface area is 157 Å². The maximum atomic E-state index is 12.4. The molecule has 1 N–H and O–H groups in total. The van der Waals surface area contributed by atoms with E-state index in [4.69, 9.17) is 0 Å². The molecule has 0 aromatic carbocycles. The summed E-state index contributed by atoms with van der Waals surface area (Å²) in [4.78, 5) is 2.75. The lowest BCUT2D eigenvalue weighted by atomic mass is 9.80. The zero-order chi connectivity index (χ0) is 17.8. The second-order valence-corrected chi connectivity index (χ2v) is 10.9. The SMILES string of the molecule is CC(=C1CCN(C2CCNCC2)CC1)C1CCC(S(=O)C(C)C)CC1. The van der Waals surface area contributed by atoms with E-state index in [1.807, 2.05) is 0 Å². The largest absolute Gasteiger partial charge is 0.317 e. The van der Waals surface area contributed by atoms with E-state index in [1.165, 1.54) is 77.5 Å². The van der Waals surface area contributed by atoms with E-state index in [9.17, 15) is 4.21 Å². The van der Waals surface area contributed by atoms with Crippen LogP contribution in [0, 0.1) is 5.92 Å². The van der Waals surface area contributed by atoms with Crippen LogP contribution in [0.15, 0.2) is 11.1 Å². The summed E-state index contributed by atoms with van der Waals surface area (Å²) < 4.78 is 12.4. The van der Waals surface area contributed by atoms with Crippen LogP contribution >= 0.6 is 0 Å². The van der Waals surface area contributed by atoms with Gasteiger partial charge in [-0.3, -0.25) is 9.11 Å². The van der Waals surface area contributed by atoms with Crippen molar-refractivity contribution in [3.05, 3.63) is 11.1 Å². The second-order valence-electron chi connectivity index (χ2n) is 8.65. The molecule has 0 aromatic rings. The van der Waals surface area contributed by atoms with Gasteiger partial charge in [0.25, 0.3) is 0 Å². The number of hydrogen-bond acceptors (Lipinski definition) is 3. The van der Waals surface area contributed by atoms with Gasteiger partial charge in [-0.05, 0) is 77.3 Å². The lowest BCUT2D eigenvalue weighted by Crippen LogP contribution is -2.45. The van der Waals surface area contributed by atoms with E-state index in [1.54, 1.807) is 11.1 Å². The highest BCUT2D eigenvalue weighted by molar-refractivity contribution is 7.86. The average molecular weight is 367 g/mol. The molecule has 1 unspecified atom stereocenters. The van der Waals surface area contributed by atoms with E-state index in [0.29, 0.717) is 10.5 Å². The first-order chi connectivity index (χ1) is 12.1. The number of allylic oxidation sites excluding steroid dienone is 1. The van der Waals surface area contributed by atoms with Gasteiger partial charge in [0.2, 0.25) is 0 Å². The summed E-state index contributed by atoms with van der Waals surface area (Å²) in [5.41, 5.74) is 3.44. The van der Waals surface area contributed by atoms with Crippen molar-refractivity contribution in [3.8, 4) is 0 Å². The predicted molar refractivity (Wildman–Crippen MR) is 108 cm³/mol. The quantitative estimate of drug-likeness (QED) is 0.767. The van der Waals surface area contributed by atoms with E-state index in [0.717, 1.165) is 12.0 Å². The van der Waals surface area contributed by atoms with Crippen LogP contribution in [0.5, 0.6) is 0 Å². The zero-order valence-corrected chi connectivity index (χ0v) is 17.4. The molecule has 4 heteroatoms. The molecule has 0 spiro atoms. The van der Waals surface area contributed by atoms with Gasteiger partial charge in [-0.25, -0.2) is 0 Å². The van der Waals surface area contributed by atoms with Crippen LogP contribution in [0.3, 0.4) is 0 Å². The van der Waals surface area contributed by atoms with E-state index >= 15 is 0 Å². The number of nitrogens with zero attached hydrogens (tertiary/aromatic N) is 1. The number of hydrogen-bond donors (Lipinski definition) is 1. The van der Waals surface area contributed by atoms with Crippen molar-refractivity contribution in [1.82, 2.24) is 10.2 Å². The van der Waals surface area contributed by atoms with Crippen molar-refractivity contribution in [2.24, 2.45) is 5.92 Å². The molecule has 0 bridgehead atoms. The first-order valence-corrected chi connectivity index (χ1v) is 11.9. The lowest BCUT2D eigenvalue weighted by molar-refractivity contribution is 0.150. The van der Waals surface area contributed by atoms with Gasteiger partial charge in [0, 0.05) is 40.4 Å². The van der Waals surface area contributed by atoms with Gasteiger partial charge in [0.15, 0.2) is 0 Å². The number of piperidine rings is 2. The van der Waals surface area contributed by atoms with Crippen molar-refractivity contribution in [2.75, 3.05) is 26.2 Å². The summed E-state index contributed by atoms with van der Waals surface area (Å²) in [5.74, 6) is 0.765. The summed E-state index contributed by atoms with van der Waals surface area (Å²) in [6.07, 6.45) is 10.1. The van der Waals surface area contributed by atoms with Crippen molar-refractivity contribution in [3.63, 3.8) is 0 Å². The van der Waals surface area contributed by atoms with Crippen LogP contribution in [0.1, 0.15) is 72.1 Å². The predicted octanol–water partition coefficient (Wildman–Crippen LogP) is 3.87. The second kappa shape index (κ2) is 9.14. The summed E-state index contributed by atoms with van der Waals surface area (Å²) in [6.45, 7) is 11.5. The summed E-state index contributed by atoms with van der Waals surface area (Å²) in [6, 6.07) is 0.824. The van der Waals surface area contributed by atoms with Gasteiger partial charge < -0.3 is 5.32 Å². The molecular weight excluding hydrogens is 328 g/mol. The van der Waals surface area contributed by atoms with Gasteiger partial charge in [-0.1, -0.05) is 25.0 Å². The van der Waals surface area contributed by atoms with Crippen LogP contribution in [0.4, 0.5) is 0 Å². The summed E-state index contributed by atoms with van der Waals surface area (Å²) in [7, 11) is -0.627. The number of nitrogens with one attached hydrogen (secondary N) is 1. The molecule has 1 aliphatic carbocycles. The Morgan fingerprint density at radius 1 is 1.04 bits per heavy atom. The third-order valence-corrected chi connectivity index (χ3v) is 8.92. The molecule has 3 aliphatic rings. The van der Waals surface area contributed by atoms with Crippen LogP contribution in [-0.4, -0.2) is 51.8 Å². The molecule has 25 heavy (non-hydrogen) atoms. The van der Waals surface area contributed by atoms with Crippen molar-refractivity contribution in [1.29, 1.82) is 0 Å². The Balaban J connectivity index is 1.50. The standard InChI is InChI=1S/C21H38N2OS/c1-16(2)25(24)21-6-4-18(5-7-21)17(3)19-10-14-23(15-11-19)20-8-12-22-13-9-20/h16,18,20-22H,4-15H2,1-3H3. The third kappa shape index (κ3) is 4.95. The molecule has 0 amide bonds. The third-order valence-electron chi connectivity index (χ3n) is 6.86. The topological polar surface area (TPSA) is 32.3 Å². The minimum absolute atomic E-state index is 0.320. The average Bonchev–Trinajstić information content (AvgIpc) is 2.67. The Morgan fingerprint density at radius 3 is 2.20 bits per heavy atom. The first-order valence-electron chi connectivity index (χ1n) is 10.6. The molecular formula is C21H38N2OS. The Bertz CT molecular complexity index is 478. The Kier molecular flexibility index (Phi) is 7.16. The van der Waals surface area contributed by atoms with Gasteiger partial charge in [-0.2, -0.15) is 0 Å². The molecule has 3 rings (SSSR count). The highest BCUT2D eigenvalue weighted by Gasteiger charge is 2.29. The van der Waals surface area contributed by atoms with Gasteiger partial charge in [0.05, 0.1) is 0 Å². The number of likely N-dealkylation sites (tertiary alicyclic amines) is 1. The lowest BCUT2D eigenvalue weighted by Gasteiger charge is -2.39. The van der Waals surface area contributed by atoms with Crippen LogP contribution in [0.25, 0.3) is 0 Å². The van der Waals surface area contributed by atoms with Gasteiger partial charge in [0.1, 0.15) is 0 Å². The van der Waals surface area contributed by atoms with Crippen molar-refractivity contribution in [2.45, 2.75) is 88.7 Å². The highest BCUT2D eigenvalue weighted by Crippen LogP contribution is 2.36. The smallest absolute Gasteiger partial charge is 0.0351 e. The molecule has 144 valence electrons.